The van der Waals surface area contributed by atoms with Crippen LogP contribution in [0.5, 0.6) is 0 Å². The van der Waals surface area contributed by atoms with Crippen molar-refractivity contribution in [1.29, 1.82) is 0 Å². The molecule has 2 unspecified atom stereocenters. The van der Waals surface area contributed by atoms with Crippen LogP contribution in [-0.4, -0.2) is 16.7 Å². The molecule has 20 heavy (non-hydrogen) atoms. The summed E-state index contributed by atoms with van der Waals surface area (Å²) in [6, 6.07) is 7.71. The van der Waals surface area contributed by atoms with Gasteiger partial charge in [-0.25, -0.2) is 0 Å². The zero-order valence-corrected chi connectivity index (χ0v) is 12.2. The van der Waals surface area contributed by atoms with Crippen molar-refractivity contribution in [1.82, 2.24) is 15.5 Å². The SMILES string of the molecule is CCC1CCNC(c2nc(-c3ccccc3Cl)no2)C1. The molecule has 0 amide bonds. The number of hydrogen-bond donors (Lipinski definition) is 1. The third kappa shape index (κ3) is 2.72. The number of nitrogens with one attached hydrogen (secondary N) is 1. The standard InChI is InChI=1S/C15H18ClN3O/c1-2-10-7-8-17-13(9-10)15-18-14(19-20-15)11-5-3-4-6-12(11)16/h3-6,10,13,17H,2,7-9H2,1H3. The average molecular weight is 292 g/mol. The van der Waals surface area contributed by atoms with Crippen LogP contribution in [0.25, 0.3) is 11.4 Å². The molecule has 1 saturated heterocycles. The summed E-state index contributed by atoms with van der Waals surface area (Å²) < 4.78 is 5.42. The Bertz CT molecular complexity index is 584. The summed E-state index contributed by atoms with van der Waals surface area (Å²) in [4.78, 5) is 4.51. The third-order valence-electron chi connectivity index (χ3n) is 3.94. The Morgan fingerprint density at radius 1 is 1.40 bits per heavy atom. The van der Waals surface area contributed by atoms with Crippen LogP contribution in [0, 0.1) is 5.92 Å². The maximum atomic E-state index is 6.16. The van der Waals surface area contributed by atoms with Crippen LogP contribution in [0.4, 0.5) is 0 Å². The Balaban J connectivity index is 1.82. The van der Waals surface area contributed by atoms with Crippen LogP contribution in [-0.2, 0) is 0 Å². The summed E-state index contributed by atoms with van der Waals surface area (Å²) in [5.41, 5.74) is 0.812. The molecule has 0 spiro atoms. The molecule has 0 saturated carbocycles. The second-order valence-electron chi connectivity index (χ2n) is 5.24. The Labute approximate surface area is 123 Å². The quantitative estimate of drug-likeness (QED) is 0.933. The second-order valence-corrected chi connectivity index (χ2v) is 5.65. The molecule has 2 heterocycles. The summed E-state index contributed by atoms with van der Waals surface area (Å²) in [5.74, 6) is 1.96. The highest BCUT2D eigenvalue weighted by molar-refractivity contribution is 6.33. The lowest BCUT2D eigenvalue weighted by Crippen LogP contribution is -2.31. The molecule has 3 rings (SSSR count). The molecule has 0 bridgehead atoms. The molecule has 0 radical (unpaired) electrons. The van der Waals surface area contributed by atoms with Crippen molar-refractivity contribution in [3.05, 3.63) is 35.2 Å². The number of nitrogens with zero attached hydrogens (tertiary/aromatic N) is 2. The Kier molecular flexibility index (Phi) is 4.03. The molecule has 4 nitrogen and oxygen atoms in total. The van der Waals surface area contributed by atoms with Crippen molar-refractivity contribution in [3.8, 4) is 11.4 Å². The summed E-state index contributed by atoms with van der Waals surface area (Å²) in [6.07, 6.45) is 3.48. The van der Waals surface area contributed by atoms with Gasteiger partial charge in [-0.15, -0.1) is 0 Å². The minimum absolute atomic E-state index is 0.164. The van der Waals surface area contributed by atoms with Crippen molar-refractivity contribution in [2.75, 3.05) is 6.54 Å². The van der Waals surface area contributed by atoms with E-state index in [1.807, 2.05) is 24.3 Å². The lowest BCUT2D eigenvalue weighted by atomic mass is 9.90. The zero-order chi connectivity index (χ0) is 13.9. The summed E-state index contributed by atoms with van der Waals surface area (Å²) >= 11 is 6.16. The highest BCUT2D eigenvalue weighted by atomic mass is 35.5. The highest BCUT2D eigenvalue weighted by Gasteiger charge is 2.26. The van der Waals surface area contributed by atoms with E-state index in [9.17, 15) is 0 Å². The number of halogens is 1. The van der Waals surface area contributed by atoms with Gasteiger partial charge in [0.25, 0.3) is 0 Å². The average Bonchev–Trinajstić information content (AvgIpc) is 2.97. The fraction of sp³-hybridized carbons (Fsp3) is 0.467. The van der Waals surface area contributed by atoms with E-state index < -0.39 is 0 Å². The van der Waals surface area contributed by atoms with Gasteiger partial charge in [0.1, 0.15) is 0 Å². The minimum atomic E-state index is 0.164. The van der Waals surface area contributed by atoms with Gasteiger partial charge in [0.05, 0.1) is 11.1 Å². The van der Waals surface area contributed by atoms with E-state index in [1.54, 1.807) is 0 Å². The van der Waals surface area contributed by atoms with Gasteiger partial charge in [0.2, 0.25) is 11.7 Å². The van der Waals surface area contributed by atoms with Crippen molar-refractivity contribution in [2.24, 2.45) is 5.92 Å². The van der Waals surface area contributed by atoms with Crippen molar-refractivity contribution >= 4 is 11.6 Å². The van der Waals surface area contributed by atoms with Crippen LogP contribution < -0.4 is 5.32 Å². The Morgan fingerprint density at radius 3 is 3.05 bits per heavy atom. The van der Waals surface area contributed by atoms with Crippen LogP contribution in [0.15, 0.2) is 28.8 Å². The molecular formula is C15H18ClN3O. The Hall–Kier alpha value is -1.39. The molecular weight excluding hydrogens is 274 g/mol. The first-order valence-corrected chi connectivity index (χ1v) is 7.47. The predicted octanol–water partition coefficient (Wildman–Crippen LogP) is 3.84. The molecule has 1 aliphatic heterocycles. The molecule has 5 heteroatoms. The molecule has 1 aromatic carbocycles. The molecule has 1 aliphatic rings. The fourth-order valence-corrected chi connectivity index (χ4v) is 2.90. The van der Waals surface area contributed by atoms with Gasteiger partial charge in [-0.1, -0.05) is 42.2 Å². The number of aromatic nitrogens is 2. The molecule has 1 N–H and O–H groups in total. The normalized spacial score (nSPS) is 22.9. The number of piperidine rings is 1. The highest BCUT2D eigenvalue weighted by Crippen LogP contribution is 2.30. The lowest BCUT2D eigenvalue weighted by molar-refractivity contribution is 0.246. The van der Waals surface area contributed by atoms with Gasteiger partial charge in [-0.2, -0.15) is 4.98 Å². The van der Waals surface area contributed by atoms with Gasteiger partial charge in [0.15, 0.2) is 0 Å². The van der Waals surface area contributed by atoms with Gasteiger partial charge in [-0.3, -0.25) is 0 Å². The van der Waals surface area contributed by atoms with Crippen molar-refractivity contribution in [3.63, 3.8) is 0 Å². The topological polar surface area (TPSA) is 51.0 Å². The maximum Gasteiger partial charge on any atom is 0.244 e. The van der Waals surface area contributed by atoms with E-state index in [0.717, 1.165) is 24.4 Å². The van der Waals surface area contributed by atoms with Gasteiger partial charge in [0, 0.05) is 5.56 Å². The summed E-state index contributed by atoms with van der Waals surface area (Å²) in [5, 5.41) is 8.15. The third-order valence-corrected chi connectivity index (χ3v) is 4.27. The molecule has 1 aromatic heterocycles. The largest absolute Gasteiger partial charge is 0.337 e. The molecule has 0 aliphatic carbocycles. The van der Waals surface area contributed by atoms with E-state index >= 15 is 0 Å². The smallest absolute Gasteiger partial charge is 0.244 e. The lowest BCUT2D eigenvalue weighted by Gasteiger charge is -2.27. The first-order chi connectivity index (χ1) is 9.78. The summed E-state index contributed by atoms with van der Waals surface area (Å²) in [6.45, 7) is 3.24. The van der Waals surface area contributed by atoms with E-state index in [0.29, 0.717) is 16.7 Å². The molecule has 2 aromatic rings. The van der Waals surface area contributed by atoms with Crippen LogP contribution in [0.1, 0.15) is 38.1 Å². The van der Waals surface area contributed by atoms with Gasteiger partial charge >= 0.3 is 0 Å². The molecule has 2 atom stereocenters. The molecule has 1 fully saturated rings. The monoisotopic (exact) mass is 291 g/mol. The van der Waals surface area contributed by atoms with Gasteiger partial charge < -0.3 is 9.84 Å². The number of benzene rings is 1. The zero-order valence-electron chi connectivity index (χ0n) is 11.5. The first-order valence-electron chi connectivity index (χ1n) is 7.09. The van der Waals surface area contributed by atoms with E-state index in [-0.39, 0.29) is 6.04 Å². The number of rotatable bonds is 3. The number of hydrogen-bond acceptors (Lipinski definition) is 4. The summed E-state index contributed by atoms with van der Waals surface area (Å²) in [7, 11) is 0. The maximum absolute atomic E-state index is 6.16. The van der Waals surface area contributed by atoms with Gasteiger partial charge in [-0.05, 0) is 37.4 Å². The van der Waals surface area contributed by atoms with Crippen LogP contribution in [0.2, 0.25) is 5.02 Å². The fourth-order valence-electron chi connectivity index (χ4n) is 2.68. The molecule has 106 valence electrons. The van der Waals surface area contributed by atoms with E-state index in [4.69, 9.17) is 16.1 Å². The van der Waals surface area contributed by atoms with E-state index in [1.165, 1.54) is 12.8 Å². The first kappa shape index (κ1) is 13.6. The van der Waals surface area contributed by atoms with Crippen molar-refractivity contribution in [2.45, 2.75) is 32.2 Å². The second kappa shape index (κ2) is 5.94. The van der Waals surface area contributed by atoms with Crippen LogP contribution >= 0.6 is 11.6 Å². The van der Waals surface area contributed by atoms with Crippen LogP contribution in [0.3, 0.4) is 0 Å². The van der Waals surface area contributed by atoms with Crippen molar-refractivity contribution < 1.29 is 4.52 Å². The van der Waals surface area contributed by atoms with E-state index in [2.05, 4.69) is 22.4 Å². The Morgan fingerprint density at radius 2 is 2.25 bits per heavy atom. The minimum Gasteiger partial charge on any atom is -0.337 e. The predicted molar refractivity (Wildman–Crippen MR) is 78.5 cm³/mol.